The first-order valence-electron chi connectivity index (χ1n) is 13.2. The summed E-state index contributed by atoms with van der Waals surface area (Å²) in [5.74, 6) is 1.88. The first kappa shape index (κ1) is 28.2. The molecule has 0 aromatic heterocycles. The van der Waals surface area contributed by atoms with Crippen LogP contribution in [0.3, 0.4) is 0 Å². The third kappa shape index (κ3) is 7.00. The Balaban J connectivity index is 1.43. The van der Waals surface area contributed by atoms with E-state index in [9.17, 15) is 10.2 Å². The Kier molecular flexibility index (Phi) is 9.55. The lowest BCUT2D eigenvalue weighted by molar-refractivity contribution is 0.173. The molecule has 0 radical (unpaired) electrons. The van der Waals surface area contributed by atoms with E-state index in [2.05, 4.69) is 30.9 Å². The van der Waals surface area contributed by atoms with Gasteiger partial charge in [0, 0.05) is 42.3 Å². The van der Waals surface area contributed by atoms with Gasteiger partial charge in [0.2, 0.25) is 0 Å². The van der Waals surface area contributed by atoms with Gasteiger partial charge in [-0.2, -0.15) is 0 Å². The number of likely N-dealkylation sites (tertiary alicyclic amines) is 1. The summed E-state index contributed by atoms with van der Waals surface area (Å²) in [4.78, 5) is 4.28. The number of benzene rings is 3. The Morgan fingerprint density at radius 1 is 0.974 bits per heavy atom. The molecule has 0 amide bonds. The first-order valence-corrected chi connectivity index (χ1v) is 13.6. The Morgan fingerprint density at radius 2 is 1.63 bits per heavy atom. The van der Waals surface area contributed by atoms with E-state index < -0.39 is 0 Å². The van der Waals surface area contributed by atoms with E-state index in [1.54, 1.807) is 6.07 Å². The lowest BCUT2D eigenvalue weighted by Crippen LogP contribution is -2.24. The van der Waals surface area contributed by atoms with Crippen LogP contribution in [0, 0.1) is 13.8 Å². The topological polar surface area (TPSA) is 65.4 Å². The van der Waals surface area contributed by atoms with E-state index in [4.69, 9.17) is 21.1 Å². The number of β-amino-alcohol motifs (C(OH)–C–C–N with tert-alkyl or cyclic N) is 1. The molecule has 2 N–H and O–H groups in total. The van der Waals surface area contributed by atoms with Crippen molar-refractivity contribution in [3.8, 4) is 28.4 Å². The summed E-state index contributed by atoms with van der Waals surface area (Å²) in [6, 6.07) is 15.7. The number of phenols is 1. The van der Waals surface area contributed by atoms with E-state index in [-0.39, 0.29) is 18.5 Å². The third-order valence-corrected chi connectivity index (χ3v) is 7.45. The lowest BCUT2D eigenvalue weighted by atomic mass is 9.95. The van der Waals surface area contributed by atoms with Gasteiger partial charge in [-0.25, -0.2) is 0 Å². The van der Waals surface area contributed by atoms with Gasteiger partial charge in [-0.15, -0.1) is 0 Å². The van der Waals surface area contributed by atoms with Gasteiger partial charge in [-0.1, -0.05) is 35.9 Å². The molecule has 6 nitrogen and oxygen atoms in total. The largest absolute Gasteiger partial charge is 0.508 e. The molecular weight excluding hydrogens is 500 g/mol. The van der Waals surface area contributed by atoms with Gasteiger partial charge in [-0.05, 0) is 87.3 Å². The molecule has 4 rings (SSSR count). The Hall–Kier alpha value is -2.77. The number of phenolic OH excluding ortho intramolecular Hbond substituents is 1. The van der Waals surface area contributed by atoms with Crippen LogP contribution in [0.1, 0.15) is 35.1 Å². The van der Waals surface area contributed by atoms with Gasteiger partial charge in [0.05, 0.1) is 12.7 Å². The van der Waals surface area contributed by atoms with Crippen molar-refractivity contribution in [1.29, 1.82) is 0 Å². The van der Waals surface area contributed by atoms with E-state index in [1.807, 2.05) is 49.3 Å². The second kappa shape index (κ2) is 12.9. The maximum atomic E-state index is 10.4. The zero-order chi connectivity index (χ0) is 27.2. The maximum Gasteiger partial charge on any atom is 0.123 e. The molecule has 0 saturated carbocycles. The minimum Gasteiger partial charge on any atom is -0.508 e. The number of nitrogens with zero attached hydrogens (tertiary/aromatic N) is 2. The van der Waals surface area contributed by atoms with Crippen molar-refractivity contribution in [2.75, 3.05) is 40.3 Å². The number of halogens is 1. The van der Waals surface area contributed by atoms with Crippen molar-refractivity contribution >= 4 is 11.6 Å². The highest BCUT2D eigenvalue weighted by atomic mass is 35.5. The van der Waals surface area contributed by atoms with Crippen LogP contribution in [-0.2, 0) is 13.2 Å². The Labute approximate surface area is 231 Å². The van der Waals surface area contributed by atoms with E-state index in [0.717, 1.165) is 77.4 Å². The second-order valence-electron chi connectivity index (χ2n) is 10.4. The van der Waals surface area contributed by atoms with Gasteiger partial charge in [0.1, 0.15) is 23.9 Å². The first-order chi connectivity index (χ1) is 18.2. The molecule has 1 unspecified atom stereocenters. The fourth-order valence-corrected chi connectivity index (χ4v) is 5.23. The zero-order valence-electron chi connectivity index (χ0n) is 22.8. The Morgan fingerprint density at radius 3 is 2.24 bits per heavy atom. The molecule has 1 aliphatic rings. The molecule has 1 fully saturated rings. The van der Waals surface area contributed by atoms with Crippen LogP contribution in [0.4, 0.5) is 0 Å². The highest BCUT2D eigenvalue weighted by Crippen LogP contribution is 2.36. The monoisotopic (exact) mass is 538 g/mol. The summed E-state index contributed by atoms with van der Waals surface area (Å²) in [5.41, 5.74) is 5.85. The number of hydrogen-bond acceptors (Lipinski definition) is 6. The summed E-state index contributed by atoms with van der Waals surface area (Å²) >= 11 is 6.51. The highest BCUT2D eigenvalue weighted by molar-refractivity contribution is 6.31. The van der Waals surface area contributed by atoms with Crippen LogP contribution in [0.15, 0.2) is 48.5 Å². The summed E-state index contributed by atoms with van der Waals surface area (Å²) in [5, 5.41) is 20.7. The number of rotatable bonds is 11. The molecule has 1 aliphatic heterocycles. The lowest BCUT2D eigenvalue weighted by Gasteiger charge is -2.18. The van der Waals surface area contributed by atoms with Gasteiger partial charge >= 0.3 is 0 Å². The van der Waals surface area contributed by atoms with Crippen molar-refractivity contribution in [3.63, 3.8) is 0 Å². The number of ether oxygens (including phenoxy) is 2. The van der Waals surface area contributed by atoms with Crippen LogP contribution < -0.4 is 9.47 Å². The van der Waals surface area contributed by atoms with Crippen molar-refractivity contribution in [1.82, 2.24) is 9.80 Å². The smallest absolute Gasteiger partial charge is 0.123 e. The average molecular weight is 539 g/mol. The summed E-state index contributed by atoms with van der Waals surface area (Å²) in [7, 11) is 3.90. The number of hydrogen-bond donors (Lipinski definition) is 2. The molecule has 1 heterocycles. The standard InChI is InChI=1S/C31H39ClN2O4/c1-21-26(8-5-10-30(21)37-15-7-13-34-14-12-25(35)19-34)27-9-6-11-31(22(27)2)38-20-24-17-29(36)23(16-28(24)32)18-33(3)4/h5-6,8-11,16-17,25,35-36H,7,12-15,18-20H2,1-4H3. The van der Waals surface area contributed by atoms with E-state index in [0.29, 0.717) is 18.2 Å². The summed E-state index contributed by atoms with van der Waals surface area (Å²) in [6.45, 7) is 8.32. The highest BCUT2D eigenvalue weighted by Gasteiger charge is 2.19. The van der Waals surface area contributed by atoms with Gasteiger partial charge in [0.15, 0.2) is 0 Å². The molecule has 1 atom stereocenters. The molecule has 0 spiro atoms. The van der Waals surface area contributed by atoms with E-state index in [1.165, 1.54) is 0 Å². The quantitative estimate of drug-likeness (QED) is 0.301. The van der Waals surface area contributed by atoms with Gasteiger partial charge < -0.3 is 29.5 Å². The van der Waals surface area contributed by atoms with Crippen molar-refractivity contribution in [2.24, 2.45) is 0 Å². The van der Waals surface area contributed by atoms with Crippen molar-refractivity contribution < 1.29 is 19.7 Å². The van der Waals surface area contributed by atoms with Crippen LogP contribution in [0.5, 0.6) is 17.2 Å². The molecule has 38 heavy (non-hydrogen) atoms. The van der Waals surface area contributed by atoms with Crippen LogP contribution in [0.2, 0.25) is 5.02 Å². The predicted octanol–water partition coefficient (Wildman–Crippen LogP) is 5.81. The van der Waals surface area contributed by atoms with Crippen LogP contribution in [0.25, 0.3) is 11.1 Å². The number of aliphatic hydroxyl groups excluding tert-OH is 1. The average Bonchev–Trinajstić information content (AvgIpc) is 3.29. The van der Waals surface area contributed by atoms with Gasteiger partial charge in [-0.3, -0.25) is 0 Å². The molecule has 7 heteroatoms. The third-order valence-electron chi connectivity index (χ3n) is 7.10. The molecule has 3 aromatic carbocycles. The molecule has 1 saturated heterocycles. The van der Waals surface area contributed by atoms with Crippen molar-refractivity contribution in [3.05, 3.63) is 75.8 Å². The van der Waals surface area contributed by atoms with Crippen LogP contribution >= 0.6 is 11.6 Å². The molecule has 3 aromatic rings. The fraction of sp³-hybridized carbons (Fsp3) is 0.419. The Bertz CT molecular complexity index is 1250. The minimum absolute atomic E-state index is 0.185. The zero-order valence-corrected chi connectivity index (χ0v) is 23.6. The predicted molar refractivity (Wildman–Crippen MR) is 153 cm³/mol. The fourth-order valence-electron chi connectivity index (χ4n) is 4.99. The second-order valence-corrected chi connectivity index (χ2v) is 10.8. The molecule has 204 valence electrons. The number of aromatic hydroxyl groups is 1. The minimum atomic E-state index is -0.185. The summed E-state index contributed by atoms with van der Waals surface area (Å²) in [6.07, 6.45) is 1.60. The van der Waals surface area contributed by atoms with E-state index >= 15 is 0 Å². The SMILES string of the molecule is Cc1c(OCCCN2CCC(O)C2)cccc1-c1cccc(OCc2cc(O)c(CN(C)C)cc2Cl)c1C. The number of aliphatic hydroxyl groups is 1. The molecule has 0 aliphatic carbocycles. The maximum absolute atomic E-state index is 10.4. The summed E-state index contributed by atoms with van der Waals surface area (Å²) < 4.78 is 12.3. The van der Waals surface area contributed by atoms with Crippen molar-refractivity contribution in [2.45, 2.75) is 45.9 Å². The van der Waals surface area contributed by atoms with Gasteiger partial charge in [0.25, 0.3) is 0 Å². The molecular formula is C31H39ClN2O4. The van der Waals surface area contributed by atoms with Crippen LogP contribution in [-0.4, -0.2) is 66.5 Å². The molecule has 0 bridgehead atoms. The normalized spacial score (nSPS) is 15.8.